The van der Waals surface area contributed by atoms with Crippen molar-refractivity contribution in [2.45, 2.75) is 167 Å². The molecule has 3 aliphatic heterocycles. The molecule has 1 saturated carbocycles. The molecule has 2 saturated heterocycles. The van der Waals surface area contributed by atoms with Gasteiger partial charge in [0.1, 0.15) is 30.6 Å². The number of allylic oxidation sites excluding steroid dienone is 3. The molecular weight excluding hydrogens is 778 g/mol. The second-order valence-electron chi connectivity index (χ2n) is 17.8. The second kappa shape index (κ2) is 22.3. The number of ketones is 2. The van der Waals surface area contributed by atoms with E-state index in [-0.39, 0.29) is 49.5 Å². The topological polar surface area (TPSA) is 205 Å². The van der Waals surface area contributed by atoms with Gasteiger partial charge in [-0.1, -0.05) is 45.4 Å². The number of amides is 1. The molecule has 60 heavy (non-hydrogen) atoms. The van der Waals surface area contributed by atoms with E-state index in [1.165, 1.54) is 19.1 Å². The number of cyclic esters (lactones) is 1. The summed E-state index contributed by atoms with van der Waals surface area (Å²) in [5.41, 5.74) is 1.60. The molecule has 14 unspecified atom stereocenters. The lowest BCUT2D eigenvalue weighted by Crippen LogP contribution is -2.64. The number of rotatable bonds is 9. The number of nitrogens with zero attached hydrogens (tertiary/aromatic N) is 1. The van der Waals surface area contributed by atoms with E-state index in [0.29, 0.717) is 56.9 Å². The molecule has 4 aliphatic rings. The molecule has 340 valence electrons. The lowest BCUT2D eigenvalue weighted by molar-refractivity contribution is -0.302. The fourth-order valence-electron chi connectivity index (χ4n) is 9.74. The minimum absolute atomic E-state index is 0.0173. The Kier molecular flexibility index (Phi) is 18.5. The van der Waals surface area contributed by atoms with Gasteiger partial charge in [-0.2, -0.15) is 0 Å². The lowest BCUT2D eigenvalue weighted by atomic mass is 9.81. The van der Waals surface area contributed by atoms with Gasteiger partial charge in [0, 0.05) is 52.0 Å². The standard InChI is InChI=1S/C45H71NO14/c1-10-31-18-25(2)17-26(3)19-37(56-8)41-38(57-9)21-28(5)45(54,60-41)42(51)43(52)46-16-12-11-13-32(46)44(53)59-40(29(6)33(47)23-34(31)48)27(4)20-30-14-15-35(36(22-30)55-7)58-24-39(49)50/h18,20,26,28-33,35-38,40-41,47,54H,10-17,19,21-24H2,1-9H3,(H,49,50). The number of esters is 1. The molecule has 3 N–H and O–H groups in total. The molecule has 2 bridgehead atoms. The minimum atomic E-state index is -2.52. The van der Waals surface area contributed by atoms with Gasteiger partial charge in [0.15, 0.2) is 0 Å². The van der Waals surface area contributed by atoms with E-state index in [4.69, 9.17) is 33.5 Å². The monoisotopic (exact) mass is 849 g/mol. The maximum atomic E-state index is 14.4. The van der Waals surface area contributed by atoms with Crippen LogP contribution in [0, 0.1) is 29.6 Å². The summed E-state index contributed by atoms with van der Waals surface area (Å²) >= 11 is 0. The van der Waals surface area contributed by atoms with Gasteiger partial charge >= 0.3 is 11.9 Å². The van der Waals surface area contributed by atoms with E-state index in [9.17, 15) is 34.2 Å². The molecular formula is C45H71NO14. The third-order valence-corrected chi connectivity index (χ3v) is 13.3. The average Bonchev–Trinajstić information content (AvgIpc) is 3.22. The van der Waals surface area contributed by atoms with Gasteiger partial charge in [-0.3, -0.25) is 14.4 Å². The number of carboxylic acid groups (broad SMARTS) is 1. The minimum Gasteiger partial charge on any atom is -0.480 e. The highest BCUT2D eigenvalue weighted by Crippen LogP contribution is 2.39. The Morgan fingerprint density at radius 3 is 2.23 bits per heavy atom. The number of ether oxygens (including phenoxy) is 6. The fraction of sp³-hybridized carbons (Fsp3) is 0.800. The molecule has 0 aromatic carbocycles. The Morgan fingerprint density at radius 1 is 0.933 bits per heavy atom. The van der Waals surface area contributed by atoms with Gasteiger partial charge in [-0.15, -0.1) is 0 Å². The van der Waals surface area contributed by atoms with Gasteiger partial charge in [-0.05, 0) is 95.5 Å². The summed E-state index contributed by atoms with van der Waals surface area (Å²) in [5, 5.41) is 32.9. The first-order valence-electron chi connectivity index (χ1n) is 21.8. The predicted molar refractivity (Wildman–Crippen MR) is 219 cm³/mol. The lowest BCUT2D eigenvalue weighted by Gasteiger charge is -2.47. The zero-order valence-corrected chi connectivity index (χ0v) is 37.1. The summed E-state index contributed by atoms with van der Waals surface area (Å²) in [4.78, 5) is 69.1. The van der Waals surface area contributed by atoms with Crippen LogP contribution in [0.2, 0.25) is 0 Å². The molecule has 0 aromatic heterocycles. The summed E-state index contributed by atoms with van der Waals surface area (Å²) in [5.74, 6) is -8.87. The van der Waals surface area contributed by atoms with Crippen molar-refractivity contribution in [2.75, 3.05) is 34.5 Å². The van der Waals surface area contributed by atoms with Crippen LogP contribution in [0.15, 0.2) is 23.3 Å². The van der Waals surface area contributed by atoms with Crippen LogP contribution in [0.1, 0.15) is 112 Å². The van der Waals surface area contributed by atoms with Crippen LogP contribution < -0.4 is 0 Å². The van der Waals surface area contributed by atoms with Crippen molar-refractivity contribution in [3.05, 3.63) is 23.3 Å². The number of carboxylic acids is 1. The molecule has 3 fully saturated rings. The highest BCUT2D eigenvalue weighted by molar-refractivity contribution is 6.39. The smallest absolute Gasteiger partial charge is 0.329 e. The number of methoxy groups -OCH3 is 3. The molecule has 0 radical (unpaired) electrons. The number of carbonyl (C=O) groups is 5. The maximum absolute atomic E-state index is 14.4. The number of carbonyl (C=O) groups excluding carboxylic acids is 4. The Balaban J connectivity index is 1.74. The Morgan fingerprint density at radius 2 is 1.60 bits per heavy atom. The van der Waals surface area contributed by atoms with Crippen molar-refractivity contribution in [1.29, 1.82) is 0 Å². The summed E-state index contributed by atoms with van der Waals surface area (Å²) in [6.45, 7) is 10.7. The van der Waals surface area contributed by atoms with Crippen LogP contribution in [0.25, 0.3) is 0 Å². The third-order valence-electron chi connectivity index (χ3n) is 13.3. The molecule has 14 atom stereocenters. The van der Waals surface area contributed by atoms with Crippen molar-refractivity contribution in [3.8, 4) is 0 Å². The fourth-order valence-corrected chi connectivity index (χ4v) is 9.74. The quantitative estimate of drug-likeness (QED) is 0.165. The number of hydrogen-bond donors (Lipinski definition) is 3. The first kappa shape index (κ1) is 49.6. The molecule has 0 aromatic rings. The van der Waals surface area contributed by atoms with Gasteiger partial charge in [0.05, 0.1) is 30.5 Å². The number of Topliss-reactive ketones (excluding diaryl/α,β-unsaturated/α-hetero) is 2. The zero-order valence-electron chi connectivity index (χ0n) is 37.1. The van der Waals surface area contributed by atoms with Gasteiger partial charge in [0.2, 0.25) is 5.79 Å². The second-order valence-corrected chi connectivity index (χ2v) is 17.8. The molecule has 1 amide bonds. The SMILES string of the molecule is CCC1C=C(C)CC(C)CC(OC)C2OC(O)(C(=O)C(=O)N3CCCCC3C(=O)OC(C(C)=CC3CCC(OCC(=O)O)C(OC)C3)C(C)C(O)CC1=O)C(C)CC2OC. The number of aliphatic hydroxyl groups is 2. The third kappa shape index (κ3) is 12.1. The molecule has 3 heterocycles. The van der Waals surface area contributed by atoms with Crippen molar-refractivity contribution in [1.82, 2.24) is 4.90 Å². The first-order chi connectivity index (χ1) is 28.4. The normalized spacial score (nSPS) is 38.6. The van der Waals surface area contributed by atoms with E-state index in [2.05, 4.69) is 0 Å². The van der Waals surface area contributed by atoms with Crippen molar-refractivity contribution in [2.24, 2.45) is 29.6 Å². The van der Waals surface area contributed by atoms with E-state index in [0.717, 1.165) is 5.57 Å². The van der Waals surface area contributed by atoms with Crippen molar-refractivity contribution in [3.63, 3.8) is 0 Å². The number of aliphatic hydroxyl groups excluding tert-OH is 1. The Hall–Kier alpha value is -3.05. The maximum Gasteiger partial charge on any atom is 0.329 e. The van der Waals surface area contributed by atoms with Crippen LogP contribution in [-0.4, -0.2) is 139 Å². The largest absolute Gasteiger partial charge is 0.480 e. The van der Waals surface area contributed by atoms with Gasteiger partial charge in [-0.25, -0.2) is 9.59 Å². The number of piperidine rings is 1. The molecule has 4 rings (SSSR count). The van der Waals surface area contributed by atoms with Gasteiger partial charge < -0.3 is 48.6 Å². The number of aliphatic carboxylic acids is 1. The summed E-state index contributed by atoms with van der Waals surface area (Å²) in [6, 6.07) is -1.17. The van der Waals surface area contributed by atoms with Crippen molar-refractivity contribution < 1.29 is 67.7 Å². The van der Waals surface area contributed by atoms with Crippen LogP contribution in [-0.2, 0) is 52.4 Å². The van der Waals surface area contributed by atoms with Crippen LogP contribution in [0.5, 0.6) is 0 Å². The van der Waals surface area contributed by atoms with Crippen LogP contribution in [0.3, 0.4) is 0 Å². The number of hydrogen-bond acceptors (Lipinski definition) is 13. The Bertz CT molecular complexity index is 1560. The first-order valence-corrected chi connectivity index (χ1v) is 21.8. The summed E-state index contributed by atoms with van der Waals surface area (Å²) < 4.78 is 35.5. The average molecular weight is 850 g/mol. The van der Waals surface area contributed by atoms with Crippen LogP contribution >= 0.6 is 0 Å². The van der Waals surface area contributed by atoms with E-state index < -0.39 is 96.4 Å². The summed E-state index contributed by atoms with van der Waals surface area (Å²) in [6.07, 6.45) is 3.38. The Labute approximate surface area is 355 Å². The summed E-state index contributed by atoms with van der Waals surface area (Å²) in [7, 11) is 4.59. The molecule has 15 nitrogen and oxygen atoms in total. The predicted octanol–water partition coefficient (Wildman–Crippen LogP) is 4.58. The molecule has 1 aliphatic carbocycles. The van der Waals surface area contributed by atoms with Crippen LogP contribution in [0.4, 0.5) is 0 Å². The zero-order chi connectivity index (χ0) is 44.5. The highest BCUT2D eigenvalue weighted by atomic mass is 16.7. The van der Waals surface area contributed by atoms with E-state index in [1.807, 2.05) is 32.9 Å². The van der Waals surface area contributed by atoms with E-state index >= 15 is 0 Å². The van der Waals surface area contributed by atoms with Crippen molar-refractivity contribution >= 4 is 29.4 Å². The highest BCUT2D eigenvalue weighted by Gasteiger charge is 2.56. The van der Waals surface area contributed by atoms with Gasteiger partial charge in [0.25, 0.3) is 11.7 Å². The molecule has 0 spiro atoms. The number of fused-ring (bicyclic) bond motifs is 3. The van der Waals surface area contributed by atoms with E-state index in [1.54, 1.807) is 27.9 Å². The molecule has 15 heteroatoms.